The third kappa shape index (κ3) is 5.57. The number of hydrogen-bond acceptors (Lipinski definition) is 6. The van der Waals surface area contributed by atoms with E-state index in [9.17, 15) is 14.4 Å². The number of rotatable bonds is 6. The van der Waals surface area contributed by atoms with Crippen molar-refractivity contribution in [3.8, 4) is 11.5 Å². The van der Waals surface area contributed by atoms with E-state index < -0.39 is 0 Å². The van der Waals surface area contributed by atoms with E-state index in [-0.39, 0.29) is 42.6 Å². The molecule has 0 aliphatic carbocycles. The molecule has 2 aliphatic heterocycles. The fraction of sp³-hybridized carbons (Fsp3) is 0.423. The lowest BCUT2D eigenvalue weighted by molar-refractivity contribution is -0.133. The molecule has 9 nitrogen and oxygen atoms in total. The highest BCUT2D eigenvalue weighted by Crippen LogP contribution is 2.32. The van der Waals surface area contributed by atoms with Gasteiger partial charge < -0.3 is 29.7 Å². The first-order chi connectivity index (χ1) is 16.9. The van der Waals surface area contributed by atoms with Crippen LogP contribution in [0, 0.1) is 0 Å². The van der Waals surface area contributed by atoms with Crippen LogP contribution in [-0.2, 0) is 9.53 Å². The molecular weight excluding hydrogens is 450 g/mol. The molecule has 35 heavy (non-hydrogen) atoms. The first kappa shape index (κ1) is 24.5. The molecule has 186 valence electrons. The smallest absolute Gasteiger partial charge is 0.257 e. The third-order valence-corrected chi connectivity index (χ3v) is 6.39. The lowest BCUT2D eigenvalue weighted by Crippen LogP contribution is -2.54. The molecule has 0 spiro atoms. The van der Waals surface area contributed by atoms with Crippen molar-refractivity contribution in [2.75, 3.05) is 32.6 Å². The summed E-state index contributed by atoms with van der Waals surface area (Å²) in [6, 6.07) is 11.7. The van der Waals surface area contributed by atoms with Crippen LogP contribution in [0.15, 0.2) is 42.5 Å². The number of anilines is 1. The molecule has 4 rings (SSSR count). The van der Waals surface area contributed by atoms with Crippen LogP contribution in [0.1, 0.15) is 46.9 Å². The van der Waals surface area contributed by atoms with Gasteiger partial charge in [-0.15, -0.1) is 0 Å². The van der Waals surface area contributed by atoms with Crippen LogP contribution < -0.4 is 20.1 Å². The zero-order valence-corrected chi connectivity index (χ0v) is 20.2. The van der Waals surface area contributed by atoms with Gasteiger partial charge in [0.15, 0.2) is 0 Å². The number of likely N-dealkylation sites (N-methyl/N-ethyl adjacent to an activating group) is 1. The summed E-state index contributed by atoms with van der Waals surface area (Å²) in [5, 5.41) is 5.64. The molecule has 3 atom stereocenters. The zero-order valence-electron chi connectivity index (χ0n) is 20.2. The highest BCUT2D eigenvalue weighted by Gasteiger charge is 2.39. The van der Waals surface area contributed by atoms with Gasteiger partial charge in [-0.25, -0.2) is 0 Å². The van der Waals surface area contributed by atoms with E-state index >= 15 is 0 Å². The van der Waals surface area contributed by atoms with Gasteiger partial charge in [-0.2, -0.15) is 0 Å². The summed E-state index contributed by atoms with van der Waals surface area (Å²) in [6.45, 7) is 2.72. The van der Waals surface area contributed by atoms with Crippen LogP contribution in [-0.4, -0.2) is 68.2 Å². The molecular formula is C26H31N3O6. The fourth-order valence-electron chi connectivity index (χ4n) is 4.55. The molecule has 0 radical (unpaired) electrons. The van der Waals surface area contributed by atoms with E-state index in [4.69, 9.17) is 14.2 Å². The maximum Gasteiger partial charge on any atom is 0.257 e. The van der Waals surface area contributed by atoms with Crippen LogP contribution >= 0.6 is 0 Å². The van der Waals surface area contributed by atoms with Crippen molar-refractivity contribution >= 4 is 23.4 Å². The zero-order chi connectivity index (χ0) is 24.9. The van der Waals surface area contributed by atoms with Gasteiger partial charge in [0.1, 0.15) is 24.2 Å². The van der Waals surface area contributed by atoms with Gasteiger partial charge in [0.05, 0.1) is 31.2 Å². The molecule has 0 saturated carbocycles. The molecule has 9 heteroatoms. The van der Waals surface area contributed by atoms with E-state index in [1.165, 1.54) is 0 Å². The first-order valence-corrected chi connectivity index (χ1v) is 11.8. The molecule has 2 aromatic carbocycles. The highest BCUT2D eigenvalue weighted by molar-refractivity contribution is 6.05. The highest BCUT2D eigenvalue weighted by atomic mass is 16.5. The monoisotopic (exact) mass is 481 g/mol. The van der Waals surface area contributed by atoms with Crippen LogP contribution in [0.4, 0.5) is 5.69 Å². The van der Waals surface area contributed by atoms with Gasteiger partial charge in [0.2, 0.25) is 5.91 Å². The number of methoxy groups -OCH3 is 1. The summed E-state index contributed by atoms with van der Waals surface area (Å²) >= 11 is 0. The molecule has 1 saturated heterocycles. The number of amides is 3. The van der Waals surface area contributed by atoms with Gasteiger partial charge >= 0.3 is 0 Å². The number of benzene rings is 2. The van der Waals surface area contributed by atoms with Crippen molar-refractivity contribution in [1.29, 1.82) is 0 Å². The second kappa shape index (κ2) is 10.8. The first-order valence-electron chi connectivity index (χ1n) is 11.8. The number of nitrogens with one attached hydrogen (secondary N) is 2. The Morgan fingerprint density at radius 2 is 2.00 bits per heavy atom. The van der Waals surface area contributed by atoms with Gasteiger partial charge in [0, 0.05) is 24.8 Å². The fourth-order valence-corrected chi connectivity index (χ4v) is 4.55. The second-order valence-corrected chi connectivity index (χ2v) is 8.72. The molecule has 1 fully saturated rings. The maximum atomic E-state index is 13.4. The molecule has 0 aromatic heterocycles. The Bertz CT molecular complexity index is 1100. The largest absolute Gasteiger partial charge is 0.497 e. The Labute approximate surface area is 204 Å². The van der Waals surface area contributed by atoms with Crippen molar-refractivity contribution in [2.45, 2.75) is 44.4 Å². The number of carbonyl (C=O) groups excluding carboxylic acids is 3. The topological polar surface area (TPSA) is 106 Å². The minimum absolute atomic E-state index is 0.0407. The van der Waals surface area contributed by atoms with E-state index in [1.807, 2.05) is 6.92 Å². The van der Waals surface area contributed by atoms with Crippen molar-refractivity contribution in [3.63, 3.8) is 0 Å². The SMILES string of the molecule is CCNC(=O)C[C@H]1CC[C@@H]2[C@@H](COc3ccc(NC(=O)c4cccc(OC)c4)cc3C(=O)N2C)O1. The van der Waals surface area contributed by atoms with Crippen LogP contribution in [0.3, 0.4) is 0 Å². The van der Waals surface area contributed by atoms with Crippen molar-refractivity contribution in [2.24, 2.45) is 0 Å². The summed E-state index contributed by atoms with van der Waals surface area (Å²) in [7, 11) is 3.30. The number of nitrogens with zero attached hydrogens (tertiary/aromatic N) is 1. The quantitative estimate of drug-likeness (QED) is 0.657. The van der Waals surface area contributed by atoms with Gasteiger partial charge in [-0.3, -0.25) is 14.4 Å². The molecule has 2 heterocycles. The Morgan fingerprint density at radius 1 is 1.17 bits per heavy atom. The average Bonchev–Trinajstić information content (AvgIpc) is 2.86. The molecule has 2 N–H and O–H groups in total. The number of ether oxygens (including phenoxy) is 3. The summed E-state index contributed by atoms with van der Waals surface area (Å²) in [4.78, 5) is 39.8. The normalized spacial score (nSPS) is 21.5. The second-order valence-electron chi connectivity index (χ2n) is 8.72. The van der Waals surface area contributed by atoms with Crippen LogP contribution in [0.2, 0.25) is 0 Å². The number of fused-ring (bicyclic) bond motifs is 2. The lowest BCUT2D eigenvalue weighted by Gasteiger charge is -2.42. The molecule has 0 bridgehead atoms. The summed E-state index contributed by atoms with van der Waals surface area (Å²) in [6.07, 6.45) is 1.14. The van der Waals surface area contributed by atoms with Crippen molar-refractivity contribution in [1.82, 2.24) is 10.2 Å². The minimum Gasteiger partial charge on any atom is -0.497 e. The van der Waals surface area contributed by atoms with Crippen LogP contribution in [0.5, 0.6) is 11.5 Å². The van der Waals surface area contributed by atoms with Crippen molar-refractivity contribution in [3.05, 3.63) is 53.6 Å². The Kier molecular flexibility index (Phi) is 7.55. The Hall–Kier alpha value is -3.59. The molecule has 2 aromatic rings. The molecule has 3 amide bonds. The van der Waals surface area contributed by atoms with E-state index in [0.29, 0.717) is 54.1 Å². The number of carbonyl (C=O) groups is 3. The van der Waals surface area contributed by atoms with Gasteiger partial charge in [0.25, 0.3) is 11.8 Å². The standard InChI is InChI=1S/C26H31N3O6/c1-4-27-24(30)14-19-9-10-21-23(35-19)15-34-22-11-8-17(13-20(22)26(32)29(21)2)28-25(31)16-6-5-7-18(12-16)33-3/h5-8,11-13,19,21,23H,4,9-10,14-15H2,1-3H3,(H,27,30)(H,28,31)/t19-,21-,23-/m1/s1. The summed E-state index contributed by atoms with van der Waals surface area (Å²) < 4.78 is 17.3. The average molecular weight is 482 g/mol. The van der Waals surface area contributed by atoms with E-state index in [0.717, 1.165) is 0 Å². The summed E-state index contributed by atoms with van der Waals surface area (Å²) in [5.41, 5.74) is 1.31. The van der Waals surface area contributed by atoms with Gasteiger partial charge in [-0.1, -0.05) is 6.07 Å². The third-order valence-electron chi connectivity index (χ3n) is 6.39. The van der Waals surface area contributed by atoms with Crippen molar-refractivity contribution < 1.29 is 28.6 Å². The molecule has 0 unspecified atom stereocenters. The predicted molar refractivity (Wildman–Crippen MR) is 130 cm³/mol. The Balaban J connectivity index is 1.49. The lowest BCUT2D eigenvalue weighted by atomic mass is 9.94. The minimum atomic E-state index is -0.335. The summed E-state index contributed by atoms with van der Waals surface area (Å²) in [5.74, 6) is 0.446. The van der Waals surface area contributed by atoms with Gasteiger partial charge in [-0.05, 0) is 56.2 Å². The van der Waals surface area contributed by atoms with E-state index in [2.05, 4.69) is 10.6 Å². The van der Waals surface area contributed by atoms with E-state index in [1.54, 1.807) is 61.5 Å². The maximum absolute atomic E-state index is 13.4. The number of hydrogen-bond donors (Lipinski definition) is 2. The van der Waals surface area contributed by atoms with Crippen LogP contribution in [0.25, 0.3) is 0 Å². The molecule has 2 aliphatic rings. The Morgan fingerprint density at radius 3 is 2.77 bits per heavy atom. The predicted octanol–water partition coefficient (Wildman–Crippen LogP) is 2.85.